The van der Waals surface area contributed by atoms with Crippen LogP contribution < -0.4 is 10.1 Å². The van der Waals surface area contributed by atoms with Gasteiger partial charge < -0.3 is 14.8 Å². The Morgan fingerprint density at radius 2 is 1.97 bits per heavy atom. The van der Waals surface area contributed by atoms with Crippen molar-refractivity contribution in [2.45, 2.75) is 13.0 Å². The van der Waals surface area contributed by atoms with Gasteiger partial charge in [0.05, 0.1) is 12.2 Å². The summed E-state index contributed by atoms with van der Waals surface area (Å²) in [4.78, 5) is 16.8. The van der Waals surface area contributed by atoms with Crippen LogP contribution in [0, 0.1) is 23.2 Å². The molecule has 8 nitrogen and oxygen atoms in total. The van der Waals surface area contributed by atoms with Crippen LogP contribution in [0.2, 0.25) is 0 Å². The number of benzene rings is 1. The third-order valence-electron chi connectivity index (χ3n) is 4.08. The first-order chi connectivity index (χ1) is 15.0. The molecule has 0 spiro atoms. The minimum absolute atomic E-state index is 0.212. The first-order valence-corrected chi connectivity index (χ1v) is 9.45. The molecular weight excluding hydrogens is 394 g/mol. The van der Waals surface area contributed by atoms with E-state index >= 15 is 0 Å². The van der Waals surface area contributed by atoms with Crippen molar-refractivity contribution in [3.63, 3.8) is 0 Å². The molecule has 0 fully saturated rings. The van der Waals surface area contributed by atoms with Crippen LogP contribution in [-0.2, 0) is 11.8 Å². The Balaban J connectivity index is 1.92. The number of ether oxygens (including phenoxy) is 2. The van der Waals surface area contributed by atoms with Crippen molar-refractivity contribution in [3.8, 4) is 23.7 Å². The van der Waals surface area contributed by atoms with Crippen molar-refractivity contribution >= 4 is 11.7 Å². The normalized spacial score (nSPS) is 11.0. The molecule has 2 aromatic heterocycles. The smallest absolute Gasteiger partial charge is 0.257 e. The lowest BCUT2D eigenvalue weighted by Crippen LogP contribution is -2.19. The van der Waals surface area contributed by atoms with E-state index in [1.165, 1.54) is 6.20 Å². The SMILES string of the molecule is COC[C@H](C)Oc1cc(C#Cc2cncc(C#N)c2)cc(C(=O)Nc2ccn(C)n2)c1. The standard InChI is InChI=1S/C23H21N5O3/c1-16(15-30-3)31-21-10-17(4-5-18-8-19(12-24)14-25-13-18)9-20(11-21)23(29)26-22-6-7-28(2)27-22/h6-11,13-14,16H,15H2,1-3H3,(H,26,27,29)/t16-/m0/s1. The molecule has 31 heavy (non-hydrogen) atoms. The molecule has 3 rings (SSSR count). The number of rotatable bonds is 6. The lowest BCUT2D eigenvalue weighted by Gasteiger charge is -2.15. The molecule has 1 N–H and O–H groups in total. The van der Waals surface area contributed by atoms with Gasteiger partial charge in [-0.05, 0) is 31.2 Å². The number of nitrogens with one attached hydrogen (secondary N) is 1. The fourth-order valence-electron chi connectivity index (χ4n) is 2.76. The average Bonchev–Trinajstić information content (AvgIpc) is 3.17. The zero-order valence-corrected chi connectivity index (χ0v) is 17.4. The molecule has 1 aromatic carbocycles. The van der Waals surface area contributed by atoms with E-state index in [0.717, 1.165) is 0 Å². The molecule has 0 aliphatic heterocycles. The molecular formula is C23H21N5O3. The molecule has 3 aromatic rings. The van der Waals surface area contributed by atoms with Gasteiger partial charge in [0, 0.05) is 55.5 Å². The molecule has 1 amide bonds. The Morgan fingerprint density at radius 3 is 2.68 bits per heavy atom. The number of carbonyl (C=O) groups excluding carboxylic acids is 1. The molecule has 156 valence electrons. The topological polar surface area (TPSA) is 102 Å². The summed E-state index contributed by atoms with van der Waals surface area (Å²) < 4.78 is 12.6. The van der Waals surface area contributed by atoms with Crippen LogP contribution in [-0.4, -0.2) is 40.5 Å². The maximum absolute atomic E-state index is 12.8. The number of carbonyl (C=O) groups is 1. The van der Waals surface area contributed by atoms with E-state index in [-0.39, 0.29) is 12.0 Å². The van der Waals surface area contributed by atoms with E-state index in [9.17, 15) is 4.79 Å². The third kappa shape index (κ3) is 6.17. The molecule has 0 bridgehead atoms. The van der Waals surface area contributed by atoms with Crippen LogP contribution >= 0.6 is 0 Å². The number of amides is 1. The van der Waals surface area contributed by atoms with Crippen molar-refractivity contribution in [2.24, 2.45) is 7.05 Å². The van der Waals surface area contributed by atoms with E-state index < -0.39 is 0 Å². The van der Waals surface area contributed by atoms with Gasteiger partial charge in [0.2, 0.25) is 0 Å². The van der Waals surface area contributed by atoms with E-state index in [2.05, 4.69) is 27.2 Å². The van der Waals surface area contributed by atoms with Gasteiger partial charge >= 0.3 is 0 Å². The second-order valence-electron chi connectivity index (χ2n) is 6.78. The number of pyridine rings is 1. The van der Waals surface area contributed by atoms with Crippen LogP contribution in [0.1, 0.15) is 34.0 Å². The lowest BCUT2D eigenvalue weighted by atomic mass is 10.1. The summed E-state index contributed by atoms with van der Waals surface area (Å²) in [5, 5.41) is 15.9. The van der Waals surface area contributed by atoms with Gasteiger partial charge in [0.1, 0.15) is 17.9 Å². The molecule has 0 radical (unpaired) electrons. The fourth-order valence-corrected chi connectivity index (χ4v) is 2.76. The van der Waals surface area contributed by atoms with Gasteiger partial charge in [-0.15, -0.1) is 0 Å². The largest absolute Gasteiger partial charge is 0.488 e. The summed E-state index contributed by atoms with van der Waals surface area (Å²) in [5.41, 5.74) is 1.97. The monoisotopic (exact) mass is 415 g/mol. The quantitative estimate of drug-likeness (QED) is 0.621. The maximum atomic E-state index is 12.8. The summed E-state index contributed by atoms with van der Waals surface area (Å²) >= 11 is 0. The fraction of sp³-hybridized carbons (Fsp3) is 0.217. The highest BCUT2D eigenvalue weighted by Crippen LogP contribution is 2.20. The summed E-state index contributed by atoms with van der Waals surface area (Å²) in [5.74, 6) is 6.58. The molecule has 0 aliphatic rings. The summed E-state index contributed by atoms with van der Waals surface area (Å²) in [6.45, 7) is 2.27. The molecule has 2 heterocycles. The summed E-state index contributed by atoms with van der Waals surface area (Å²) in [7, 11) is 3.36. The molecule has 0 unspecified atom stereocenters. The van der Waals surface area contributed by atoms with E-state index in [0.29, 0.717) is 40.4 Å². The Hall–Kier alpha value is -4.14. The minimum Gasteiger partial charge on any atom is -0.488 e. The number of nitriles is 1. The van der Waals surface area contributed by atoms with Gasteiger partial charge in [-0.2, -0.15) is 10.4 Å². The Kier molecular flexibility index (Phi) is 7.00. The summed E-state index contributed by atoms with van der Waals surface area (Å²) in [6, 6.07) is 10.4. The lowest BCUT2D eigenvalue weighted by molar-refractivity contribution is 0.0917. The molecule has 0 saturated heterocycles. The highest BCUT2D eigenvalue weighted by molar-refractivity contribution is 6.04. The number of hydrogen-bond acceptors (Lipinski definition) is 6. The Morgan fingerprint density at radius 1 is 1.19 bits per heavy atom. The predicted molar refractivity (Wildman–Crippen MR) is 115 cm³/mol. The minimum atomic E-state index is -0.334. The summed E-state index contributed by atoms with van der Waals surface area (Å²) in [6.07, 6.45) is 4.57. The van der Waals surface area contributed by atoms with Gasteiger partial charge in [-0.3, -0.25) is 14.5 Å². The van der Waals surface area contributed by atoms with E-state index in [4.69, 9.17) is 14.7 Å². The van der Waals surface area contributed by atoms with Crippen molar-refractivity contribution in [2.75, 3.05) is 19.0 Å². The third-order valence-corrected chi connectivity index (χ3v) is 4.08. The number of aryl methyl sites for hydroxylation is 1. The van der Waals surface area contributed by atoms with Gasteiger partial charge in [-0.1, -0.05) is 11.8 Å². The zero-order valence-electron chi connectivity index (χ0n) is 17.4. The molecule has 0 saturated carbocycles. The van der Waals surface area contributed by atoms with Crippen molar-refractivity contribution < 1.29 is 14.3 Å². The number of methoxy groups -OCH3 is 1. The number of hydrogen-bond donors (Lipinski definition) is 1. The van der Waals surface area contributed by atoms with Crippen LogP contribution in [0.5, 0.6) is 5.75 Å². The van der Waals surface area contributed by atoms with Crippen LogP contribution in [0.4, 0.5) is 5.82 Å². The predicted octanol–water partition coefficient (Wildman–Crippen LogP) is 2.75. The first-order valence-electron chi connectivity index (χ1n) is 9.45. The Labute approximate surface area is 180 Å². The second-order valence-corrected chi connectivity index (χ2v) is 6.78. The van der Waals surface area contributed by atoms with Crippen LogP contribution in [0.25, 0.3) is 0 Å². The zero-order chi connectivity index (χ0) is 22.2. The van der Waals surface area contributed by atoms with Crippen LogP contribution in [0.15, 0.2) is 48.9 Å². The van der Waals surface area contributed by atoms with Crippen molar-refractivity contribution in [1.29, 1.82) is 5.26 Å². The van der Waals surface area contributed by atoms with Gasteiger partial charge in [0.15, 0.2) is 5.82 Å². The Bertz CT molecular complexity index is 1180. The second kappa shape index (κ2) is 10.1. The van der Waals surface area contributed by atoms with E-state index in [1.54, 1.807) is 61.6 Å². The average molecular weight is 415 g/mol. The first kappa shape index (κ1) is 21.6. The van der Waals surface area contributed by atoms with Crippen molar-refractivity contribution in [1.82, 2.24) is 14.8 Å². The van der Waals surface area contributed by atoms with Crippen molar-refractivity contribution in [3.05, 3.63) is 71.2 Å². The van der Waals surface area contributed by atoms with Gasteiger partial charge in [0.25, 0.3) is 5.91 Å². The number of anilines is 1. The number of nitrogens with zero attached hydrogens (tertiary/aromatic N) is 4. The van der Waals surface area contributed by atoms with E-state index in [1.807, 2.05) is 13.0 Å². The van der Waals surface area contributed by atoms with Gasteiger partial charge in [-0.25, -0.2) is 0 Å². The molecule has 0 aliphatic carbocycles. The van der Waals surface area contributed by atoms with Crippen LogP contribution in [0.3, 0.4) is 0 Å². The highest BCUT2D eigenvalue weighted by atomic mass is 16.5. The molecule has 1 atom stereocenters. The molecule has 8 heteroatoms. The maximum Gasteiger partial charge on any atom is 0.257 e. The highest BCUT2D eigenvalue weighted by Gasteiger charge is 2.12. The number of aromatic nitrogens is 3.